The molecular formula is C22H34N4O7S. The molecule has 0 radical (unpaired) electrons. The van der Waals surface area contributed by atoms with E-state index < -0.39 is 56.8 Å². The van der Waals surface area contributed by atoms with Gasteiger partial charge in [-0.15, -0.1) is 0 Å². The molecule has 4 unspecified atom stereocenters. The zero-order valence-electron chi connectivity index (χ0n) is 19.6. The number of fused-ring (bicyclic) bond motifs is 2. The Kier molecular flexibility index (Phi) is 7.89. The lowest BCUT2D eigenvalue weighted by atomic mass is 10.1. The van der Waals surface area contributed by atoms with Crippen LogP contribution in [0.15, 0.2) is 12.2 Å². The van der Waals surface area contributed by atoms with E-state index in [1.54, 1.807) is 0 Å². The molecule has 0 aromatic rings. The molecule has 4 N–H and O–H groups in total. The molecule has 2 heterocycles. The monoisotopic (exact) mass is 498 g/mol. The van der Waals surface area contributed by atoms with Crippen LogP contribution in [-0.4, -0.2) is 66.6 Å². The molecule has 11 nitrogen and oxygen atoms in total. The lowest BCUT2D eigenvalue weighted by Crippen LogP contribution is -2.57. The van der Waals surface area contributed by atoms with Gasteiger partial charge in [-0.3, -0.25) is 19.1 Å². The van der Waals surface area contributed by atoms with Crippen molar-refractivity contribution < 1.29 is 32.3 Å². The number of ether oxygens (including phenoxy) is 1. The van der Waals surface area contributed by atoms with Crippen molar-refractivity contribution in [3.05, 3.63) is 12.2 Å². The van der Waals surface area contributed by atoms with E-state index >= 15 is 0 Å². The lowest BCUT2D eigenvalue weighted by molar-refractivity contribution is -0.146. The van der Waals surface area contributed by atoms with Gasteiger partial charge in [0.25, 0.3) is 11.8 Å². The fourth-order valence-electron chi connectivity index (χ4n) is 4.51. The van der Waals surface area contributed by atoms with E-state index in [0.29, 0.717) is 32.2 Å². The molecule has 3 rings (SSSR count). The Balaban J connectivity index is 1.87. The predicted octanol–water partition coefficient (Wildman–Crippen LogP) is 0.691. The Morgan fingerprint density at radius 1 is 1.21 bits per heavy atom. The number of carbonyl (C=O) groups excluding carboxylic acids is 4. The number of allylic oxidation sites excluding steroid dienone is 1. The number of nitrogens with two attached hydrogens (primary N) is 1. The van der Waals surface area contributed by atoms with Crippen LogP contribution < -0.4 is 15.8 Å². The molecule has 1 aliphatic carbocycles. The minimum atomic E-state index is -3.89. The van der Waals surface area contributed by atoms with Crippen molar-refractivity contribution in [3.8, 4) is 0 Å². The average molecular weight is 499 g/mol. The van der Waals surface area contributed by atoms with Crippen LogP contribution in [0.5, 0.6) is 0 Å². The summed E-state index contributed by atoms with van der Waals surface area (Å²) in [6, 6.07) is -0.854. The third kappa shape index (κ3) is 5.70. The summed E-state index contributed by atoms with van der Waals surface area (Å²) in [4.78, 5) is 52.2. The molecule has 0 aromatic heterocycles. The second-order valence-electron chi connectivity index (χ2n) is 9.48. The third-order valence-electron chi connectivity index (χ3n) is 6.70. The maximum atomic E-state index is 13.3. The van der Waals surface area contributed by atoms with Gasteiger partial charge >= 0.3 is 6.09 Å². The molecule has 0 spiro atoms. The van der Waals surface area contributed by atoms with Crippen molar-refractivity contribution in [1.29, 1.82) is 0 Å². The topological polar surface area (TPSA) is 165 Å². The fraction of sp³-hybridized carbons (Fsp3) is 0.727. The van der Waals surface area contributed by atoms with Gasteiger partial charge in [-0.05, 0) is 58.8 Å². The van der Waals surface area contributed by atoms with E-state index in [-0.39, 0.29) is 12.3 Å². The molecule has 2 aliphatic heterocycles. The second-order valence-corrected chi connectivity index (χ2v) is 11.7. The van der Waals surface area contributed by atoms with Crippen molar-refractivity contribution in [1.82, 2.24) is 14.9 Å². The van der Waals surface area contributed by atoms with E-state index in [9.17, 15) is 27.6 Å². The van der Waals surface area contributed by atoms with E-state index in [1.165, 1.54) is 18.7 Å². The number of primary amides is 1. The number of nitrogens with one attached hydrogen (secondary N) is 2. The molecule has 0 aromatic carbocycles. The number of sulfonamides is 1. The van der Waals surface area contributed by atoms with Crippen LogP contribution in [0.25, 0.3) is 0 Å². The molecule has 3 aliphatic rings. The van der Waals surface area contributed by atoms with Crippen molar-refractivity contribution in [3.63, 3.8) is 0 Å². The zero-order chi connectivity index (χ0) is 25.1. The van der Waals surface area contributed by atoms with Gasteiger partial charge in [0.2, 0.25) is 15.9 Å². The highest BCUT2D eigenvalue weighted by Crippen LogP contribution is 2.45. The normalized spacial score (nSPS) is 31.4. The number of hydrogen-bond donors (Lipinski definition) is 3. The van der Waals surface area contributed by atoms with Crippen LogP contribution in [-0.2, 0) is 29.1 Å². The summed E-state index contributed by atoms with van der Waals surface area (Å²) in [5.74, 6) is -2.15. The summed E-state index contributed by atoms with van der Waals surface area (Å²) in [6.07, 6.45) is 6.13. The molecule has 2 fully saturated rings. The highest BCUT2D eigenvalue weighted by molar-refractivity contribution is 7.90. The van der Waals surface area contributed by atoms with Crippen molar-refractivity contribution in [2.75, 3.05) is 6.54 Å². The van der Waals surface area contributed by atoms with Crippen LogP contribution in [0.2, 0.25) is 0 Å². The first-order chi connectivity index (χ1) is 16.0. The average Bonchev–Trinajstić information content (AvgIpc) is 3.21. The Morgan fingerprint density at radius 2 is 1.94 bits per heavy atom. The zero-order valence-corrected chi connectivity index (χ0v) is 20.4. The van der Waals surface area contributed by atoms with Crippen LogP contribution in [0, 0.1) is 5.92 Å². The summed E-state index contributed by atoms with van der Waals surface area (Å²) >= 11 is 0. The number of rotatable bonds is 4. The van der Waals surface area contributed by atoms with Crippen LogP contribution in [0.4, 0.5) is 4.79 Å². The SMILES string of the molecule is CC(C)S(=O)(=O)NC(=O)C12CC1/C=C\CCCCCC(OC(N)=O)C(=O)N1CCCC1C(=O)N2. The van der Waals surface area contributed by atoms with Crippen LogP contribution in [0.1, 0.15) is 65.2 Å². The summed E-state index contributed by atoms with van der Waals surface area (Å²) in [6.45, 7) is 3.22. The van der Waals surface area contributed by atoms with Crippen molar-refractivity contribution in [2.24, 2.45) is 11.7 Å². The molecule has 190 valence electrons. The Morgan fingerprint density at radius 3 is 2.62 bits per heavy atom. The van der Waals surface area contributed by atoms with Gasteiger partial charge in [-0.25, -0.2) is 13.2 Å². The number of carbonyl (C=O) groups is 4. The van der Waals surface area contributed by atoms with Gasteiger partial charge in [0.15, 0.2) is 6.10 Å². The Labute approximate surface area is 199 Å². The first kappa shape index (κ1) is 26.0. The number of nitrogens with zero attached hydrogens (tertiary/aromatic N) is 1. The third-order valence-corrected chi connectivity index (χ3v) is 8.41. The Bertz CT molecular complexity index is 964. The van der Waals surface area contributed by atoms with Gasteiger partial charge in [-0.2, -0.15) is 0 Å². The first-order valence-corrected chi connectivity index (χ1v) is 13.3. The summed E-state index contributed by atoms with van der Waals surface area (Å²) < 4.78 is 31.8. The second kappa shape index (κ2) is 10.3. The van der Waals surface area contributed by atoms with Gasteiger partial charge in [-0.1, -0.05) is 18.6 Å². The van der Waals surface area contributed by atoms with Gasteiger partial charge in [0.1, 0.15) is 11.6 Å². The highest BCUT2D eigenvalue weighted by atomic mass is 32.2. The Hall–Kier alpha value is -2.63. The number of amides is 4. The highest BCUT2D eigenvalue weighted by Gasteiger charge is 2.61. The molecule has 34 heavy (non-hydrogen) atoms. The van der Waals surface area contributed by atoms with E-state index in [2.05, 4.69) is 10.0 Å². The van der Waals surface area contributed by atoms with Gasteiger partial charge in [0, 0.05) is 12.5 Å². The van der Waals surface area contributed by atoms with E-state index in [1.807, 2.05) is 12.2 Å². The number of hydrogen-bond acceptors (Lipinski definition) is 7. The quantitative estimate of drug-likeness (QED) is 0.480. The first-order valence-electron chi connectivity index (χ1n) is 11.8. The van der Waals surface area contributed by atoms with Crippen molar-refractivity contribution >= 4 is 33.8 Å². The summed E-state index contributed by atoms with van der Waals surface area (Å²) in [5.41, 5.74) is 3.77. The standard InChI is InChI=1S/C22H34N4O7S/c1-14(2)34(31,32)25-20(29)22-13-15(22)9-6-4-3-5-7-11-17(33-21(23)30)19(28)26-12-8-10-16(26)18(27)24-22/h6,9,14-17H,3-5,7-8,10-13H2,1-2H3,(H2,23,30)(H,24,27)(H,25,29)/b9-6-. The predicted molar refractivity (Wildman–Crippen MR) is 123 cm³/mol. The van der Waals surface area contributed by atoms with Crippen LogP contribution in [0.3, 0.4) is 0 Å². The molecule has 4 amide bonds. The fourth-order valence-corrected chi connectivity index (χ4v) is 5.19. The molecule has 1 saturated carbocycles. The molecule has 12 heteroatoms. The van der Waals surface area contributed by atoms with Crippen LogP contribution >= 0.6 is 0 Å². The minimum absolute atomic E-state index is 0.267. The van der Waals surface area contributed by atoms with Gasteiger partial charge in [0.05, 0.1) is 5.25 Å². The maximum absolute atomic E-state index is 13.3. The molecule has 0 bridgehead atoms. The summed E-state index contributed by atoms with van der Waals surface area (Å²) in [5, 5.41) is 1.94. The largest absolute Gasteiger partial charge is 0.436 e. The maximum Gasteiger partial charge on any atom is 0.405 e. The smallest absolute Gasteiger partial charge is 0.405 e. The molecule has 1 saturated heterocycles. The molecule has 4 atom stereocenters. The molecular weight excluding hydrogens is 464 g/mol. The summed E-state index contributed by atoms with van der Waals surface area (Å²) in [7, 11) is -3.89. The lowest BCUT2D eigenvalue weighted by Gasteiger charge is -2.29. The van der Waals surface area contributed by atoms with E-state index in [0.717, 1.165) is 19.3 Å². The van der Waals surface area contributed by atoms with E-state index in [4.69, 9.17) is 10.5 Å². The van der Waals surface area contributed by atoms with Crippen molar-refractivity contribution in [2.45, 2.75) is 88.1 Å². The van der Waals surface area contributed by atoms with Gasteiger partial charge < -0.3 is 20.7 Å². The minimum Gasteiger partial charge on any atom is -0.436 e.